The molecule has 1 unspecified atom stereocenters. The van der Waals surface area contributed by atoms with Gasteiger partial charge in [-0.1, -0.05) is 29.3 Å². The van der Waals surface area contributed by atoms with E-state index in [9.17, 15) is 27.5 Å². The minimum Gasteiger partial charge on any atom is -0.387 e. The first-order chi connectivity index (χ1) is 14.0. The molecule has 2 heterocycles. The zero-order chi connectivity index (χ0) is 22.1. The van der Waals surface area contributed by atoms with Gasteiger partial charge in [0.05, 0.1) is 22.2 Å². The number of nitrogens with zero attached hydrogens (tertiary/aromatic N) is 2. The summed E-state index contributed by atoms with van der Waals surface area (Å²) >= 11 is 11.6. The smallest absolute Gasteiger partial charge is 0.387 e. The molecular weight excluding hydrogens is 449 g/mol. The lowest BCUT2D eigenvalue weighted by molar-refractivity contribution is -0.137. The van der Waals surface area contributed by atoms with Gasteiger partial charge in [-0.2, -0.15) is 13.2 Å². The minimum atomic E-state index is -4.77. The number of aromatic nitrogens is 2. The van der Waals surface area contributed by atoms with Gasteiger partial charge in [-0.25, -0.2) is 14.4 Å². The van der Waals surface area contributed by atoms with Crippen LogP contribution in [-0.2, 0) is 6.18 Å². The highest BCUT2D eigenvalue weighted by Crippen LogP contribution is 2.40. The van der Waals surface area contributed by atoms with Gasteiger partial charge in [0.1, 0.15) is 17.0 Å². The molecule has 0 spiro atoms. The maximum absolute atomic E-state index is 13.6. The Kier molecular flexibility index (Phi) is 6.54. The zero-order valence-electron chi connectivity index (χ0n) is 15.4. The van der Waals surface area contributed by atoms with Crippen molar-refractivity contribution in [1.29, 1.82) is 0 Å². The Morgan fingerprint density at radius 1 is 1.20 bits per heavy atom. The fourth-order valence-electron chi connectivity index (χ4n) is 3.48. The van der Waals surface area contributed by atoms with E-state index in [-0.39, 0.29) is 30.8 Å². The second-order valence-corrected chi connectivity index (χ2v) is 7.88. The van der Waals surface area contributed by atoms with Gasteiger partial charge in [-0.15, -0.1) is 0 Å². The summed E-state index contributed by atoms with van der Waals surface area (Å²) in [6.45, 7) is 0. The van der Waals surface area contributed by atoms with E-state index >= 15 is 0 Å². The standard InChI is InChI=1S/C19H17Cl2F4N3O2/c20-13-2-1-10(9-27-13)16(18(30)6-3-11(22)4-7-18)28-17(29)15-14(21)12(5-8-26-15)19(23,24)25/h1-2,5,8-9,11,16,30H,3-4,6-7H2,(H,28,29)/t11-,16?,18+. The van der Waals surface area contributed by atoms with E-state index in [0.29, 0.717) is 11.6 Å². The van der Waals surface area contributed by atoms with Gasteiger partial charge in [0.2, 0.25) is 0 Å². The summed E-state index contributed by atoms with van der Waals surface area (Å²) in [7, 11) is 0. The molecule has 2 aromatic heterocycles. The Balaban J connectivity index is 1.96. The van der Waals surface area contributed by atoms with Crippen molar-refractivity contribution in [2.75, 3.05) is 0 Å². The molecule has 162 valence electrons. The van der Waals surface area contributed by atoms with Crippen LogP contribution in [0.2, 0.25) is 10.2 Å². The molecule has 11 heteroatoms. The molecule has 0 bridgehead atoms. The predicted molar refractivity (Wildman–Crippen MR) is 102 cm³/mol. The number of hydrogen-bond acceptors (Lipinski definition) is 4. The maximum atomic E-state index is 13.6. The molecule has 1 saturated carbocycles. The van der Waals surface area contributed by atoms with Gasteiger partial charge in [0.15, 0.2) is 0 Å². The van der Waals surface area contributed by atoms with Crippen molar-refractivity contribution in [3.8, 4) is 0 Å². The number of amides is 1. The van der Waals surface area contributed by atoms with Gasteiger partial charge >= 0.3 is 6.18 Å². The van der Waals surface area contributed by atoms with Crippen LogP contribution in [0.4, 0.5) is 17.6 Å². The van der Waals surface area contributed by atoms with Crippen LogP contribution in [0.5, 0.6) is 0 Å². The van der Waals surface area contributed by atoms with Crippen molar-refractivity contribution in [1.82, 2.24) is 15.3 Å². The number of rotatable bonds is 4. The molecule has 3 rings (SSSR count). The minimum absolute atomic E-state index is 0.0332. The molecule has 0 aliphatic heterocycles. The van der Waals surface area contributed by atoms with Crippen LogP contribution in [0.3, 0.4) is 0 Å². The second-order valence-electron chi connectivity index (χ2n) is 7.12. The average molecular weight is 466 g/mol. The molecule has 0 aromatic carbocycles. The number of carbonyl (C=O) groups excluding carboxylic acids is 1. The topological polar surface area (TPSA) is 75.1 Å². The lowest BCUT2D eigenvalue weighted by atomic mass is 9.76. The number of hydrogen-bond donors (Lipinski definition) is 2. The summed E-state index contributed by atoms with van der Waals surface area (Å²) in [6.07, 6.45) is -3.48. The molecule has 2 N–H and O–H groups in total. The van der Waals surface area contributed by atoms with Gasteiger partial charge in [-0.05, 0) is 43.4 Å². The Hall–Kier alpha value is -1.97. The maximum Gasteiger partial charge on any atom is 0.417 e. The summed E-state index contributed by atoms with van der Waals surface area (Å²) < 4.78 is 52.9. The first-order valence-electron chi connectivity index (χ1n) is 9.02. The molecule has 1 aliphatic rings. The van der Waals surface area contributed by atoms with E-state index in [0.717, 1.165) is 6.20 Å². The van der Waals surface area contributed by atoms with Crippen LogP contribution in [-0.4, -0.2) is 32.8 Å². The summed E-state index contributed by atoms with van der Waals surface area (Å²) in [5.74, 6) is -1.01. The first kappa shape index (κ1) is 22.7. The quantitative estimate of drug-likeness (QED) is 0.496. The molecule has 1 fully saturated rings. The Morgan fingerprint density at radius 3 is 2.43 bits per heavy atom. The Bertz CT molecular complexity index is 917. The molecule has 1 amide bonds. The molecule has 2 aromatic rings. The predicted octanol–water partition coefficient (Wildman–Crippen LogP) is 4.92. The molecule has 0 saturated heterocycles. The number of pyridine rings is 2. The van der Waals surface area contributed by atoms with E-state index in [1.807, 2.05) is 0 Å². The lowest BCUT2D eigenvalue weighted by Crippen LogP contribution is -2.48. The molecular formula is C19H17Cl2F4N3O2. The summed E-state index contributed by atoms with van der Waals surface area (Å²) in [5.41, 5.74) is -3.02. The second kappa shape index (κ2) is 8.64. The van der Waals surface area contributed by atoms with Crippen molar-refractivity contribution in [2.45, 2.75) is 49.7 Å². The molecule has 1 atom stereocenters. The number of nitrogens with one attached hydrogen (secondary N) is 1. The average Bonchev–Trinajstić information content (AvgIpc) is 2.68. The summed E-state index contributed by atoms with van der Waals surface area (Å²) in [4.78, 5) is 20.4. The van der Waals surface area contributed by atoms with E-state index in [2.05, 4.69) is 15.3 Å². The molecule has 0 radical (unpaired) electrons. The highest BCUT2D eigenvalue weighted by Gasteiger charge is 2.43. The molecule has 30 heavy (non-hydrogen) atoms. The SMILES string of the molecule is O=C(NC(c1ccc(Cl)nc1)[C@]1(O)CC[C@@H](F)CC1)c1nccc(C(F)(F)F)c1Cl. The third kappa shape index (κ3) is 4.84. The molecule has 5 nitrogen and oxygen atoms in total. The highest BCUT2D eigenvalue weighted by atomic mass is 35.5. The monoisotopic (exact) mass is 465 g/mol. The summed E-state index contributed by atoms with van der Waals surface area (Å²) in [5, 5.41) is 13.0. The van der Waals surface area contributed by atoms with Crippen molar-refractivity contribution < 1.29 is 27.5 Å². The molecule has 1 aliphatic carbocycles. The fraction of sp³-hybridized carbons (Fsp3) is 0.421. The summed E-state index contributed by atoms with van der Waals surface area (Å²) in [6, 6.07) is 2.53. The zero-order valence-corrected chi connectivity index (χ0v) is 16.9. The fourth-order valence-corrected chi connectivity index (χ4v) is 3.89. The lowest BCUT2D eigenvalue weighted by Gasteiger charge is -2.40. The van der Waals surface area contributed by atoms with Crippen LogP contribution >= 0.6 is 23.2 Å². The first-order valence-corrected chi connectivity index (χ1v) is 9.77. The van der Waals surface area contributed by atoms with Crippen molar-refractivity contribution in [3.05, 3.63) is 57.6 Å². The third-order valence-corrected chi connectivity index (χ3v) is 5.69. The number of halogens is 6. The van der Waals surface area contributed by atoms with Crippen LogP contribution in [0.25, 0.3) is 0 Å². The van der Waals surface area contributed by atoms with Gasteiger partial charge in [0.25, 0.3) is 5.91 Å². The Labute approximate surface area is 179 Å². The van der Waals surface area contributed by atoms with Crippen LogP contribution in [0.15, 0.2) is 30.6 Å². The highest BCUT2D eigenvalue weighted by molar-refractivity contribution is 6.34. The van der Waals surface area contributed by atoms with E-state index < -0.39 is 46.2 Å². The third-order valence-electron chi connectivity index (χ3n) is 5.09. The van der Waals surface area contributed by atoms with Crippen molar-refractivity contribution in [2.24, 2.45) is 0 Å². The largest absolute Gasteiger partial charge is 0.417 e. The van der Waals surface area contributed by atoms with Crippen LogP contribution in [0.1, 0.15) is 53.3 Å². The van der Waals surface area contributed by atoms with E-state index in [1.54, 1.807) is 0 Å². The van der Waals surface area contributed by atoms with Gasteiger partial charge < -0.3 is 10.4 Å². The van der Waals surface area contributed by atoms with Gasteiger partial charge in [-0.3, -0.25) is 4.79 Å². The number of aliphatic hydroxyl groups is 1. The number of carbonyl (C=O) groups is 1. The normalized spacial score (nSPS) is 23.1. The Morgan fingerprint density at radius 2 is 1.87 bits per heavy atom. The van der Waals surface area contributed by atoms with Crippen molar-refractivity contribution in [3.63, 3.8) is 0 Å². The van der Waals surface area contributed by atoms with Crippen molar-refractivity contribution >= 4 is 29.1 Å². The van der Waals surface area contributed by atoms with Crippen LogP contribution < -0.4 is 5.32 Å². The van der Waals surface area contributed by atoms with E-state index in [1.165, 1.54) is 18.3 Å². The van der Waals surface area contributed by atoms with Gasteiger partial charge in [0, 0.05) is 12.4 Å². The number of alkyl halides is 4. The van der Waals surface area contributed by atoms with E-state index in [4.69, 9.17) is 23.2 Å². The van der Waals surface area contributed by atoms with Crippen LogP contribution in [0, 0.1) is 0 Å².